The van der Waals surface area contributed by atoms with Gasteiger partial charge in [-0.25, -0.2) is 0 Å². The van der Waals surface area contributed by atoms with E-state index in [0.29, 0.717) is 12.3 Å². The molecule has 0 unspecified atom stereocenters. The van der Waals surface area contributed by atoms with Gasteiger partial charge in [0.05, 0.1) is 0 Å². The lowest BCUT2D eigenvalue weighted by atomic mass is 9.96. The highest BCUT2D eigenvalue weighted by atomic mass is 16.1. The number of anilines is 1. The van der Waals surface area contributed by atoms with E-state index in [4.69, 9.17) is 5.73 Å². The van der Waals surface area contributed by atoms with E-state index in [2.05, 4.69) is 13.8 Å². The Balaban J connectivity index is 2.53. The van der Waals surface area contributed by atoms with E-state index in [1.54, 1.807) is 6.08 Å². The maximum atomic E-state index is 11.7. The summed E-state index contributed by atoms with van der Waals surface area (Å²) in [6.07, 6.45) is 6.31. The highest BCUT2D eigenvalue weighted by Gasteiger charge is 2.07. The molecule has 1 aromatic rings. The molecule has 0 fully saturated rings. The van der Waals surface area contributed by atoms with Crippen molar-refractivity contribution in [2.45, 2.75) is 33.1 Å². The van der Waals surface area contributed by atoms with Crippen molar-refractivity contribution in [1.82, 2.24) is 0 Å². The van der Waals surface area contributed by atoms with E-state index >= 15 is 0 Å². The molecule has 0 saturated carbocycles. The highest BCUT2D eigenvalue weighted by Crippen LogP contribution is 2.14. The second-order valence-corrected chi connectivity index (χ2v) is 4.35. The molecule has 0 saturated heterocycles. The van der Waals surface area contributed by atoms with Gasteiger partial charge in [-0.1, -0.05) is 44.9 Å². The Bertz CT molecular complexity index is 374. The molecular formula is C15H21NO. The maximum absolute atomic E-state index is 11.7. The molecule has 2 nitrogen and oxygen atoms in total. The molecule has 0 amide bonds. The predicted molar refractivity (Wildman–Crippen MR) is 73.6 cm³/mol. The maximum Gasteiger partial charge on any atom is 0.155 e. The Kier molecular flexibility index (Phi) is 5.47. The molecule has 0 spiro atoms. The summed E-state index contributed by atoms with van der Waals surface area (Å²) in [7, 11) is 0. The number of allylic oxidation sites excluding steroid dienone is 1. The second-order valence-electron chi connectivity index (χ2n) is 4.35. The average Bonchev–Trinajstić information content (AvgIpc) is 2.35. The van der Waals surface area contributed by atoms with Gasteiger partial charge in [-0.2, -0.15) is 0 Å². The van der Waals surface area contributed by atoms with E-state index in [1.165, 1.54) is 0 Å². The van der Waals surface area contributed by atoms with E-state index < -0.39 is 0 Å². The minimum atomic E-state index is 0.204. The Morgan fingerprint density at radius 1 is 1.24 bits per heavy atom. The van der Waals surface area contributed by atoms with Crippen molar-refractivity contribution in [2.75, 3.05) is 5.73 Å². The monoisotopic (exact) mass is 231 g/mol. The van der Waals surface area contributed by atoms with E-state index in [1.807, 2.05) is 30.3 Å². The molecule has 2 N–H and O–H groups in total. The van der Waals surface area contributed by atoms with Gasteiger partial charge in [0, 0.05) is 12.1 Å². The van der Waals surface area contributed by atoms with Crippen LogP contribution in [0.3, 0.4) is 0 Å². The third kappa shape index (κ3) is 4.85. The van der Waals surface area contributed by atoms with Crippen molar-refractivity contribution >= 4 is 17.5 Å². The summed E-state index contributed by atoms with van der Waals surface area (Å²) in [6.45, 7) is 4.26. The second kappa shape index (κ2) is 6.89. The molecule has 1 rings (SSSR count). The fourth-order valence-electron chi connectivity index (χ4n) is 1.73. The Morgan fingerprint density at radius 3 is 2.35 bits per heavy atom. The Morgan fingerprint density at radius 2 is 1.82 bits per heavy atom. The van der Waals surface area contributed by atoms with E-state index in [9.17, 15) is 4.79 Å². The van der Waals surface area contributed by atoms with Crippen LogP contribution >= 0.6 is 0 Å². The molecule has 0 atom stereocenters. The van der Waals surface area contributed by atoms with Crippen LogP contribution in [-0.4, -0.2) is 5.78 Å². The lowest BCUT2D eigenvalue weighted by Crippen LogP contribution is -2.04. The summed E-state index contributed by atoms with van der Waals surface area (Å²) in [5.74, 6) is 0.717. The van der Waals surface area contributed by atoms with Gasteiger partial charge >= 0.3 is 0 Å². The SMILES string of the molecule is CCC(CC)CC(=O)/C=C/c1ccc(N)cc1. The molecule has 2 heteroatoms. The van der Waals surface area contributed by atoms with Gasteiger partial charge in [0.15, 0.2) is 5.78 Å². The van der Waals surface area contributed by atoms with Gasteiger partial charge in [0.1, 0.15) is 0 Å². The summed E-state index contributed by atoms with van der Waals surface area (Å²) in [4.78, 5) is 11.7. The molecule has 92 valence electrons. The fraction of sp³-hybridized carbons (Fsp3) is 0.400. The number of hydrogen-bond acceptors (Lipinski definition) is 2. The van der Waals surface area contributed by atoms with Crippen LogP contribution in [0.1, 0.15) is 38.7 Å². The Labute approximate surface area is 104 Å². The molecule has 0 radical (unpaired) electrons. The predicted octanol–water partition coefficient (Wildman–Crippen LogP) is 3.68. The van der Waals surface area contributed by atoms with Crippen LogP contribution in [0.2, 0.25) is 0 Å². The van der Waals surface area contributed by atoms with Crippen LogP contribution in [0.5, 0.6) is 0 Å². The number of hydrogen-bond donors (Lipinski definition) is 1. The molecule has 0 aliphatic heterocycles. The smallest absolute Gasteiger partial charge is 0.155 e. The lowest BCUT2D eigenvalue weighted by molar-refractivity contribution is -0.115. The number of ketones is 1. The zero-order valence-electron chi connectivity index (χ0n) is 10.6. The van der Waals surface area contributed by atoms with Gasteiger partial charge < -0.3 is 5.73 Å². The summed E-state index contributed by atoms with van der Waals surface area (Å²) < 4.78 is 0. The summed E-state index contributed by atoms with van der Waals surface area (Å²) in [5, 5.41) is 0. The van der Waals surface area contributed by atoms with Crippen LogP contribution in [0, 0.1) is 5.92 Å². The first-order valence-corrected chi connectivity index (χ1v) is 6.22. The van der Waals surface area contributed by atoms with Crippen LogP contribution < -0.4 is 5.73 Å². The molecule has 1 aromatic carbocycles. The minimum Gasteiger partial charge on any atom is -0.399 e. The molecule has 0 aliphatic rings. The number of carbonyl (C=O) groups is 1. The van der Waals surface area contributed by atoms with Crippen molar-refractivity contribution in [3.8, 4) is 0 Å². The molecule has 17 heavy (non-hydrogen) atoms. The van der Waals surface area contributed by atoms with Crippen molar-refractivity contribution < 1.29 is 4.79 Å². The van der Waals surface area contributed by atoms with Crippen LogP contribution in [0.25, 0.3) is 6.08 Å². The van der Waals surface area contributed by atoms with Gasteiger partial charge in [-0.05, 0) is 29.7 Å². The quantitative estimate of drug-likeness (QED) is 0.599. The standard InChI is InChI=1S/C15H21NO/c1-3-12(4-2)11-15(17)10-7-13-5-8-14(16)9-6-13/h5-10,12H,3-4,11,16H2,1-2H3/b10-7+. The van der Waals surface area contributed by atoms with Gasteiger partial charge in [-0.3, -0.25) is 4.79 Å². The lowest BCUT2D eigenvalue weighted by Gasteiger charge is -2.08. The van der Waals surface area contributed by atoms with Crippen molar-refractivity contribution in [3.05, 3.63) is 35.9 Å². The topological polar surface area (TPSA) is 43.1 Å². The first-order valence-electron chi connectivity index (χ1n) is 6.22. The number of nitrogen functional groups attached to an aromatic ring is 1. The fourth-order valence-corrected chi connectivity index (χ4v) is 1.73. The summed E-state index contributed by atoms with van der Waals surface area (Å²) >= 11 is 0. The third-order valence-electron chi connectivity index (χ3n) is 3.04. The summed E-state index contributed by atoms with van der Waals surface area (Å²) in [6, 6.07) is 7.50. The van der Waals surface area contributed by atoms with Gasteiger partial charge in [0.2, 0.25) is 0 Å². The normalized spacial score (nSPS) is 11.2. The molecule has 0 aliphatic carbocycles. The highest BCUT2D eigenvalue weighted by molar-refractivity contribution is 5.93. The van der Waals surface area contributed by atoms with E-state index in [0.717, 1.165) is 24.1 Å². The van der Waals surface area contributed by atoms with Crippen molar-refractivity contribution in [1.29, 1.82) is 0 Å². The van der Waals surface area contributed by atoms with Crippen LogP contribution in [-0.2, 0) is 4.79 Å². The number of nitrogens with two attached hydrogens (primary N) is 1. The average molecular weight is 231 g/mol. The number of carbonyl (C=O) groups excluding carboxylic acids is 1. The molecule has 0 heterocycles. The van der Waals surface area contributed by atoms with Crippen molar-refractivity contribution in [2.24, 2.45) is 5.92 Å². The molecule has 0 bridgehead atoms. The number of rotatable bonds is 6. The first kappa shape index (κ1) is 13.5. The molecular weight excluding hydrogens is 210 g/mol. The van der Waals surface area contributed by atoms with Crippen LogP contribution in [0.15, 0.2) is 30.3 Å². The summed E-state index contributed by atoms with van der Waals surface area (Å²) in [5.41, 5.74) is 7.35. The number of benzene rings is 1. The Hall–Kier alpha value is -1.57. The zero-order valence-corrected chi connectivity index (χ0v) is 10.6. The van der Waals surface area contributed by atoms with Gasteiger partial charge in [-0.15, -0.1) is 0 Å². The van der Waals surface area contributed by atoms with Crippen molar-refractivity contribution in [3.63, 3.8) is 0 Å². The first-order chi connectivity index (χ1) is 8.15. The minimum absolute atomic E-state index is 0.204. The largest absolute Gasteiger partial charge is 0.399 e. The van der Waals surface area contributed by atoms with E-state index in [-0.39, 0.29) is 5.78 Å². The molecule has 0 aromatic heterocycles. The third-order valence-corrected chi connectivity index (χ3v) is 3.04. The van der Waals surface area contributed by atoms with Crippen LogP contribution in [0.4, 0.5) is 5.69 Å². The zero-order chi connectivity index (χ0) is 12.7. The van der Waals surface area contributed by atoms with Gasteiger partial charge in [0.25, 0.3) is 0 Å².